The van der Waals surface area contributed by atoms with Crippen LogP contribution in [0.3, 0.4) is 0 Å². The fourth-order valence-corrected chi connectivity index (χ4v) is 2.82. The van der Waals surface area contributed by atoms with Crippen molar-refractivity contribution in [2.75, 3.05) is 24.5 Å². The Balaban J connectivity index is 2.02. The second kappa shape index (κ2) is 7.13. The summed E-state index contributed by atoms with van der Waals surface area (Å²) >= 11 is 6.37. The topological polar surface area (TPSA) is 35.5 Å². The van der Waals surface area contributed by atoms with E-state index >= 15 is 0 Å². The van der Waals surface area contributed by atoms with Crippen molar-refractivity contribution in [3.63, 3.8) is 0 Å². The second-order valence-corrected chi connectivity index (χ2v) is 5.61. The van der Waals surface area contributed by atoms with E-state index in [1.807, 2.05) is 6.07 Å². The lowest BCUT2D eigenvalue weighted by Crippen LogP contribution is -2.38. The van der Waals surface area contributed by atoms with E-state index in [-0.39, 0.29) is 6.10 Å². The molecule has 1 fully saturated rings. The number of aliphatic hydroxyl groups is 1. The van der Waals surface area contributed by atoms with Crippen LogP contribution in [0.4, 0.5) is 5.69 Å². The molecule has 0 amide bonds. The Morgan fingerprint density at radius 1 is 1.47 bits per heavy atom. The summed E-state index contributed by atoms with van der Waals surface area (Å²) in [4.78, 5) is 2.18. The van der Waals surface area contributed by atoms with Gasteiger partial charge in [0, 0.05) is 19.6 Å². The van der Waals surface area contributed by atoms with Crippen LogP contribution in [0.5, 0.6) is 0 Å². The first-order chi connectivity index (χ1) is 9.20. The number of piperidine rings is 1. The molecule has 1 aromatic rings. The minimum atomic E-state index is -0.226. The van der Waals surface area contributed by atoms with Gasteiger partial charge in [-0.1, -0.05) is 24.6 Å². The van der Waals surface area contributed by atoms with E-state index in [0.717, 1.165) is 49.6 Å². The zero-order valence-electron chi connectivity index (χ0n) is 11.5. The molecule has 106 valence electrons. The molecular weight excluding hydrogens is 260 g/mol. The van der Waals surface area contributed by atoms with Crippen molar-refractivity contribution in [2.45, 2.75) is 38.8 Å². The molecule has 0 radical (unpaired) electrons. The van der Waals surface area contributed by atoms with E-state index in [1.54, 1.807) is 0 Å². The molecule has 1 aromatic carbocycles. The van der Waals surface area contributed by atoms with E-state index in [1.165, 1.54) is 5.56 Å². The number of aliphatic hydroxyl groups excluding tert-OH is 1. The molecule has 1 aliphatic rings. The van der Waals surface area contributed by atoms with Gasteiger partial charge >= 0.3 is 0 Å². The van der Waals surface area contributed by atoms with Crippen molar-refractivity contribution in [3.05, 3.63) is 28.8 Å². The van der Waals surface area contributed by atoms with Crippen molar-refractivity contribution in [3.8, 4) is 0 Å². The Kier molecular flexibility index (Phi) is 5.49. The van der Waals surface area contributed by atoms with Gasteiger partial charge in [0.1, 0.15) is 0 Å². The van der Waals surface area contributed by atoms with Gasteiger partial charge in [0.15, 0.2) is 0 Å². The molecule has 1 heterocycles. The van der Waals surface area contributed by atoms with Gasteiger partial charge in [-0.05, 0) is 43.5 Å². The lowest BCUT2D eigenvalue weighted by Gasteiger charge is -2.32. The van der Waals surface area contributed by atoms with Crippen LogP contribution >= 0.6 is 11.6 Å². The molecule has 1 unspecified atom stereocenters. The van der Waals surface area contributed by atoms with Crippen LogP contribution in [0.15, 0.2) is 18.2 Å². The Morgan fingerprint density at radius 3 is 3.00 bits per heavy atom. The van der Waals surface area contributed by atoms with Gasteiger partial charge in [-0.25, -0.2) is 0 Å². The van der Waals surface area contributed by atoms with Crippen molar-refractivity contribution in [2.24, 2.45) is 0 Å². The highest BCUT2D eigenvalue weighted by Crippen LogP contribution is 2.29. The number of hydrogen-bond donors (Lipinski definition) is 2. The van der Waals surface area contributed by atoms with E-state index in [4.69, 9.17) is 11.6 Å². The summed E-state index contributed by atoms with van der Waals surface area (Å²) in [6, 6.07) is 6.22. The largest absolute Gasteiger partial charge is 0.391 e. The normalized spacial score (nSPS) is 19.7. The average molecular weight is 283 g/mol. The van der Waals surface area contributed by atoms with Crippen molar-refractivity contribution in [1.29, 1.82) is 0 Å². The summed E-state index contributed by atoms with van der Waals surface area (Å²) in [7, 11) is 0. The smallest absolute Gasteiger partial charge is 0.0715 e. The van der Waals surface area contributed by atoms with Crippen LogP contribution in [0.25, 0.3) is 0 Å². The number of nitrogens with zero attached hydrogens (tertiary/aromatic N) is 1. The van der Waals surface area contributed by atoms with Gasteiger partial charge in [-0.2, -0.15) is 0 Å². The molecule has 0 aliphatic carbocycles. The number of β-amino-alcohol motifs (C(OH)–C–C–N with tert-alkyl or cyclic N) is 1. The summed E-state index contributed by atoms with van der Waals surface area (Å²) in [5.74, 6) is 0. The molecular formula is C15H23ClN2O. The third-order valence-corrected chi connectivity index (χ3v) is 3.81. The van der Waals surface area contributed by atoms with Crippen LogP contribution in [-0.4, -0.2) is 30.8 Å². The van der Waals surface area contributed by atoms with Gasteiger partial charge in [0.2, 0.25) is 0 Å². The first kappa shape index (κ1) is 14.6. The fourth-order valence-electron chi connectivity index (χ4n) is 2.50. The maximum atomic E-state index is 9.73. The fraction of sp³-hybridized carbons (Fsp3) is 0.600. The summed E-state index contributed by atoms with van der Waals surface area (Å²) in [6.45, 7) is 5.70. The van der Waals surface area contributed by atoms with E-state index in [0.29, 0.717) is 6.54 Å². The second-order valence-electron chi connectivity index (χ2n) is 5.20. The van der Waals surface area contributed by atoms with E-state index < -0.39 is 0 Å². The quantitative estimate of drug-likeness (QED) is 0.815. The number of anilines is 1. The molecule has 0 bridgehead atoms. The standard InChI is InChI=1S/C15H23ClN2O/c1-2-7-17-10-12-5-6-15(14(16)9-12)18-8-3-4-13(19)11-18/h5-6,9,13,17,19H,2-4,7-8,10-11H2,1H3. The highest BCUT2D eigenvalue weighted by Gasteiger charge is 2.19. The first-order valence-corrected chi connectivity index (χ1v) is 7.50. The van der Waals surface area contributed by atoms with Gasteiger partial charge in [0.25, 0.3) is 0 Å². The minimum absolute atomic E-state index is 0.226. The van der Waals surface area contributed by atoms with Crippen molar-refractivity contribution < 1.29 is 5.11 Å². The van der Waals surface area contributed by atoms with Gasteiger partial charge in [-0.3, -0.25) is 0 Å². The maximum Gasteiger partial charge on any atom is 0.0715 e. The third-order valence-electron chi connectivity index (χ3n) is 3.51. The molecule has 1 atom stereocenters. The molecule has 1 aliphatic heterocycles. The Bertz CT molecular complexity index is 411. The van der Waals surface area contributed by atoms with Crippen molar-refractivity contribution in [1.82, 2.24) is 5.32 Å². The molecule has 0 spiro atoms. The van der Waals surface area contributed by atoms with Crippen LogP contribution in [0.2, 0.25) is 5.02 Å². The highest BCUT2D eigenvalue weighted by atomic mass is 35.5. The summed E-state index contributed by atoms with van der Waals surface area (Å²) in [5.41, 5.74) is 2.25. The number of nitrogens with one attached hydrogen (secondary N) is 1. The van der Waals surface area contributed by atoms with Gasteiger partial charge in [-0.15, -0.1) is 0 Å². The number of halogens is 1. The Morgan fingerprint density at radius 2 is 2.32 bits per heavy atom. The summed E-state index contributed by atoms with van der Waals surface area (Å²) in [5, 5.41) is 13.9. The molecule has 19 heavy (non-hydrogen) atoms. The molecule has 1 saturated heterocycles. The Hall–Kier alpha value is -0.770. The molecule has 0 saturated carbocycles. The lowest BCUT2D eigenvalue weighted by atomic mass is 10.1. The van der Waals surface area contributed by atoms with Crippen LogP contribution in [-0.2, 0) is 6.54 Å². The summed E-state index contributed by atoms with van der Waals surface area (Å²) in [6.07, 6.45) is 2.83. The third kappa shape index (κ3) is 4.10. The molecule has 0 aromatic heterocycles. The zero-order valence-corrected chi connectivity index (χ0v) is 12.3. The van der Waals surface area contributed by atoms with E-state index in [9.17, 15) is 5.11 Å². The Labute approximate surface area is 120 Å². The zero-order chi connectivity index (χ0) is 13.7. The minimum Gasteiger partial charge on any atom is -0.391 e. The van der Waals surface area contributed by atoms with Crippen LogP contribution in [0, 0.1) is 0 Å². The van der Waals surface area contributed by atoms with E-state index in [2.05, 4.69) is 29.3 Å². The molecule has 2 N–H and O–H groups in total. The monoisotopic (exact) mass is 282 g/mol. The highest BCUT2D eigenvalue weighted by molar-refractivity contribution is 6.33. The lowest BCUT2D eigenvalue weighted by molar-refractivity contribution is 0.154. The molecule has 2 rings (SSSR count). The summed E-state index contributed by atoms with van der Waals surface area (Å²) < 4.78 is 0. The molecule has 4 heteroatoms. The number of benzene rings is 1. The maximum absolute atomic E-state index is 9.73. The molecule has 3 nitrogen and oxygen atoms in total. The van der Waals surface area contributed by atoms with Gasteiger partial charge in [0.05, 0.1) is 16.8 Å². The number of rotatable bonds is 5. The van der Waals surface area contributed by atoms with Crippen LogP contribution < -0.4 is 10.2 Å². The van der Waals surface area contributed by atoms with Crippen molar-refractivity contribution >= 4 is 17.3 Å². The van der Waals surface area contributed by atoms with Crippen LogP contribution in [0.1, 0.15) is 31.7 Å². The van der Waals surface area contributed by atoms with Gasteiger partial charge < -0.3 is 15.3 Å². The number of hydrogen-bond acceptors (Lipinski definition) is 3. The average Bonchev–Trinajstić information content (AvgIpc) is 2.39. The predicted molar refractivity (Wildman–Crippen MR) is 80.9 cm³/mol. The SMILES string of the molecule is CCCNCc1ccc(N2CCCC(O)C2)c(Cl)c1. The predicted octanol–water partition coefficient (Wildman–Crippen LogP) is 2.80. The first-order valence-electron chi connectivity index (χ1n) is 7.13.